The van der Waals surface area contributed by atoms with Crippen LogP contribution in [0.15, 0.2) is 29.0 Å². The molecule has 0 saturated heterocycles. The Labute approximate surface area is 100 Å². The Balaban J connectivity index is 2.08. The fourth-order valence-corrected chi connectivity index (χ4v) is 1.67. The second-order valence-corrected chi connectivity index (χ2v) is 3.83. The second kappa shape index (κ2) is 5.54. The fourth-order valence-electron chi connectivity index (χ4n) is 1.67. The van der Waals surface area contributed by atoms with E-state index in [0.29, 0.717) is 18.1 Å². The minimum Gasteiger partial charge on any atom is -0.338 e. The summed E-state index contributed by atoms with van der Waals surface area (Å²) in [5.74, 6) is 1.36. The normalized spacial score (nSPS) is 12.6. The highest BCUT2D eigenvalue weighted by Crippen LogP contribution is 2.14. The Morgan fingerprint density at radius 1 is 1.35 bits per heavy atom. The summed E-state index contributed by atoms with van der Waals surface area (Å²) in [6.07, 6.45) is 5.12. The van der Waals surface area contributed by atoms with E-state index in [2.05, 4.69) is 27.4 Å². The van der Waals surface area contributed by atoms with Gasteiger partial charge in [-0.25, -0.2) is 0 Å². The van der Waals surface area contributed by atoms with Crippen molar-refractivity contribution in [3.63, 3.8) is 0 Å². The van der Waals surface area contributed by atoms with Crippen LogP contribution in [0.3, 0.4) is 0 Å². The van der Waals surface area contributed by atoms with Gasteiger partial charge in [0.2, 0.25) is 5.89 Å². The van der Waals surface area contributed by atoms with Gasteiger partial charge in [0.15, 0.2) is 5.82 Å². The van der Waals surface area contributed by atoms with Crippen LogP contribution in [-0.4, -0.2) is 22.2 Å². The maximum atomic E-state index is 5.24. The molecule has 0 fully saturated rings. The van der Waals surface area contributed by atoms with E-state index in [1.54, 1.807) is 12.4 Å². The van der Waals surface area contributed by atoms with Gasteiger partial charge in [-0.3, -0.25) is 4.98 Å². The molecule has 17 heavy (non-hydrogen) atoms. The summed E-state index contributed by atoms with van der Waals surface area (Å²) in [6.45, 7) is 2.08. The molecule has 0 aliphatic carbocycles. The highest BCUT2D eigenvalue weighted by atomic mass is 16.5. The molecule has 0 spiro atoms. The summed E-state index contributed by atoms with van der Waals surface area (Å²) in [5.41, 5.74) is 1.13. The minimum atomic E-state index is 0.133. The quantitative estimate of drug-likeness (QED) is 0.850. The molecular weight excluding hydrogens is 216 g/mol. The van der Waals surface area contributed by atoms with Crippen molar-refractivity contribution >= 4 is 0 Å². The molecule has 2 aromatic rings. The van der Waals surface area contributed by atoms with Gasteiger partial charge < -0.3 is 9.84 Å². The van der Waals surface area contributed by atoms with E-state index in [1.165, 1.54) is 0 Å². The minimum absolute atomic E-state index is 0.133. The third-order valence-electron chi connectivity index (χ3n) is 2.65. The first-order valence-corrected chi connectivity index (χ1v) is 5.72. The lowest BCUT2D eigenvalue weighted by Gasteiger charge is -2.06. The molecule has 0 bridgehead atoms. The zero-order valence-corrected chi connectivity index (χ0v) is 10.1. The molecule has 0 amide bonds. The first-order valence-electron chi connectivity index (χ1n) is 5.72. The van der Waals surface area contributed by atoms with Gasteiger partial charge in [-0.15, -0.1) is 0 Å². The number of nitrogens with zero attached hydrogens (tertiary/aromatic N) is 3. The van der Waals surface area contributed by atoms with Crippen LogP contribution in [0, 0.1) is 0 Å². The molecule has 5 nitrogen and oxygen atoms in total. The first-order chi connectivity index (χ1) is 8.33. The molecule has 0 saturated carbocycles. The van der Waals surface area contributed by atoms with Crippen LogP contribution in [0.2, 0.25) is 0 Å². The molecule has 1 N–H and O–H groups in total. The van der Waals surface area contributed by atoms with Gasteiger partial charge in [0.25, 0.3) is 0 Å². The number of rotatable bonds is 5. The number of aromatic nitrogens is 3. The third kappa shape index (κ3) is 2.88. The Morgan fingerprint density at radius 3 is 2.76 bits per heavy atom. The first kappa shape index (κ1) is 11.7. The van der Waals surface area contributed by atoms with E-state index < -0.39 is 0 Å². The highest BCUT2D eigenvalue weighted by molar-refractivity contribution is 5.14. The lowest BCUT2D eigenvalue weighted by molar-refractivity contribution is 0.331. The Morgan fingerprint density at radius 2 is 2.12 bits per heavy atom. The lowest BCUT2D eigenvalue weighted by atomic mass is 10.2. The van der Waals surface area contributed by atoms with Gasteiger partial charge in [-0.2, -0.15) is 4.98 Å². The maximum Gasteiger partial charge on any atom is 0.243 e. The van der Waals surface area contributed by atoms with Crippen LogP contribution in [-0.2, 0) is 6.42 Å². The van der Waals surface area contributed by atoms with Crippen LogP contribution in [0.1, 0.15) is 36.7 Å². The SMILES string of the molecule is CCC(NC)c1nc(Cc2ccncc2)no1. The van der Waals surface area contributed by atoms with Crippen molar-refractivity contribution in [3.8, 4) is 0 Å². The van der Waals surface area contributed by atoms with E-state index in [4.69, 9.17) is 4.52 Å². The van der Waals surface area contributed by atoms with Gasteiger partial charge in [0.05, 0.1) is 6.04 Å². The molecule has 90 valence electrons. The summed E-state index contributed by atoms with van der Waals surface area (Å²) in [5, 5.41) is 7.12. The second-order valence-electron chi connectivity index (χ2n) is 3.83. The van der Waals surface area contributed by atoms with Crippen molar-refractivity contribution in [2.75, 3.05) is 7.05 Å². The Hall–Kier alpha value is -1.75. The van der Waals surface area contributed by atoms with Gasteiger partial charge in [0, 0.05) is 18.8 Å². The number of hydrogen-bond donors (Lipinski definition) is 1. The van der Waals surface area contributed by atoms with Gasteiger partial charge in [0.1, 0.15) is 0 Å². The number of nitrogens with one attached hydrogen (secondary N) is 1. The van der Waals surface area contributed by atoms with Crippen molar-refractivity contribution in [1.82, 2.24) is 20.4 Å². The van der Waals surface area contributed by atoms with Gasteiger partial charge in [-0.1, -0.05) is 12.1 Å². The smallest absolute Gasteiger partial charge is 0.243 e. The standard InChI is InChI=1S/C12H16N4O/c1-3-10(13-2)12-15-11(16-17-12)8-9-4-6-14-7-5-9/h4-7,10,13H,3,8H2,1-2H3. The molecule has 0 aliphatic rings. The largest absolute Gasteiger partial charge is 0.338 e. The summed E-state index contributed by atoms with van der Waals surface area (Å²) >= 11 is 0. The molecule has 0 aromatic carbocycles. The zero-order chi connectivity index (χ0) is 12.1. The monoisotopic (exact) mass is 232 g/mol. The average molecular weight is 232 g/mol. The van der Waals surface area contributed by atoms with Crippen LogP contribution >= 0.6 is 0 Å². The van der Waals surface area contributed by atoms with Crippen LogP contribution in [0.5, 0.6) is 0 Å². The van der Waals surface area contributed by atoms with Crippen LogP contribution < -0.4 is 5.32 Å². The van der Waals surface area contributed by atoms with E-state index >= 15 is 0 Å². The van der Waals surface area contributed by atoms with Crippen molar-refractivity contribution < 1.29 is 4.52 Å². The Kier molecular flexibility index (Phi) is 3.82. The van der Waals surface area contributed by atoms with Crippen LogP contribution in [0.4, 0.5) is 0 Å². The van der Waals surface area contributed by atoms with Crippen molar-refractivity contribution in [2.45, 2.75) is 25.8 Å². The van der Waals surface area contributed by atoms with Crippen molar-refractivity contribution in [2.24, 2.45) is 0 Å². The van der Waals surface area contributed by atoms with E-state index in [1.807, 2.05) is 19.2 Å². The third-order valence-corrected chi connectivity index (χ3v) is 2.65. The molecule has 2 aromatic heterocycles. The van der Waals surface area contributed by atoms with Gasteiger partial charge >= 0.3 is 0 Å². The fraction of sp³-hybridized carbons (Fsp3) is 0.417. The summed E-state index contributed by atoms with van der Waals surface area (Å²) in [6, 6.07) is 4.03. The van der Waals surface area contributed by atoms with Gasteiger partial charge in [-0.05, 0) is 31.2 Å². The molecule has 5 heteroatoms. The predicted octanol–water partition coefficient (Wildman–Crippen LogP) is 1.73. The average Bonchev–Trinajstić information content (AvgIpc) is 2.81. The summed E-state index contributed by atoms with van der Waals surface area (Å²) < 4.78 is 5.24. The molecule has 0 radical (unpaired) electrons. The molecule has 1 unspecified atom stereocenters. The van der Waals surface area contributed by atoms with Crippen LogP contribution in [0.25, 0.3) is 0 Å². The van der Waals surface area contributed by atoms with Crippen molar-refractivity contribution in [1.29, 1.82) is 0 Å². The van der Waals surface area contributed by atoms with E-state index in [-0.39, 0.29) is 6.04 Å². The van der Waals surface area contributed by atoms with E-state index in [0.717, 1.165) is 12.0 Å². The zero-order valence-electron chi connectivity index (χ0n) is 10.1. The number of hydrogen-bond acceptors (Lipinski definition) is 5. The topological polar surface area (TPSA) is 63.8 Å². The molecular formula is C12H16N4O. The molecule has 0 aliphatic heterocycles. The highest BCUT2D eigenvalue weighted by Gasteiger charge is 2.15. The Bertz CT molecular complexity index is 451. The predicted molar refractivity (Wildman–Crippen MR) is 63.4 cm³/mol. The van der Waals surface area contributed by atoms with E-state index in [9.17, 15) is 0 Å². The molecule has 2 rings (SSSR count). The molecule has 1 atom stereocenters. The maximum absolute atomic E-state index is 5.24. The summed E-state index contributed by atoms with van der Waals surface area (Å²) in [4.78, 5) is 8.36. The lowest BCUT2D eigenvalue weighted by Crippen LogP contribution is -2.15. The summed E-state index contributed by atoms with van der Waals surface area (Å²) in [7, 11) is 1.89. The number of pyridine rings is 1. The van der Waals surface area contributed by atoms with Crippen molar-refractivity contribution in [3.05, 3.63) is 41.8 Å². The molecule has 2 heterocycles.